The predicted molar refractivity (Wildman–Crippen MR) is 87.2 cm³/mol. The molecule has 7 heteroatoms. The van der Waals surface area contributed by atoms with Crippen molar-refractivity contribution in [2.24, 2.45) is 5.92 Å². The molecule has 0 atom stereocenters. The van der Waals surface area contributed by atoms with Gasteiger partial charge >= 0.3 is 6.03 Å². The van der Waals surface area contributed by atoms with E-state index in [1.54, 1.807) is 11.2 Å². The number of nitrogens with one attached hydrogen (secondary N) is 1. The number of furan rings is 1. The normalized spacial score (nSPS) is 24.3. The summed E-state index contributed by atoms with van der Waals surface area (Å²) in [6, 6.07) is 3.86. The van der Waals surface area contributed by atoms with E-state index in [0.717, 1.165) is 38.2 Å². The van der Waals surface area contributed by atoms with E-state index < -0.39 is 0 Å². The van der Waals surface area contributed by atoms with E-state index in [1.807, 2.05) is 24.1 Å². The van der Waals surface area contributed by atoms with Crippen LogP contribution in [-0.4, -0.2) is 71.9 Å². The number of likely N-dealkylation sites (N-methyl/N-ethyl adjacent to an activating group) is 1. The fourth-order valence-corrected chi connectivity index (χ4v) is 4.06. The highest BCUT2D eigenvalue weighted by molar-refractivity contribution is 5.82. The maximum atomic E-state index is 12.7. The van der Waals surface area contributed by atoms with Gasteiger partial charge in [-0.2, -0.15) is 0 Å². The van der Waals surface area contributed by atoms with Gasteiger partial charge in [-0.3, -0.25) is 9.69 Å². The molecule has 0 unspecified atom stereocenters. The van der Waals surface area contributed by atoms with Crippen molar-refractivity contribution < 1.29 is 14.0 Å². The molecule has 24 heavy (non-hydrogen) atoms. The average Bonchev–Trinajstić information content (AvgIpc) is 3.16. The molecule has 1 spiro atoms. The summed E-state index contributed by atoms with van der Waals surface area (Å²) in [5, 5.41) is 2.86. The van der Waals surface area contributed by atoms with Crippen LogP contribution in [0.15, 0.2) is 22.8 Å². The molecular formula is C17H24N4O3. The van der Waals surface area contributed by atoms with Crippen molar-refractivity contribution in [3.63, 3.8) is 0 Å². The van der Waals surface area contributed by atoms with Crippen molar-refractivity contribution in [3.8, 4) is 0 Å². The van der Waals surface area contributed by atoms with E-state index in [9.17, 15) is 9.59 Å². The number of rotatable bonds is 3. The summed E-state index contributed by atoms with van der Waals surface area (Å²) in [5.74, 6) is 1.35. The summed E-state index contributed by atoms with van der Waals surface area (Å²) in [4.78, 5) is 30.3. The number of carbonyl (C=O) groups excluding carboxylic acids is 2. The molecule has 130 valence electrons. The topological polar surface area (TPSA) is 69.0 Å². The zero-order chi connectivity index (χ0) is 16.7. The van der Waals surface area contributed by atoms with Crippen LogP contribution in [0.2, 0.25) is 0 Å². The molecule has 4 heterocycles. The number of urea groups is 1. The van der Waals surface area contributed by atoms with Crippen molar-refractivity contribution in [2.45, 2.75) is 24.9 Å². The Hall–Kier alpha value is -2.02. The number of likely N-dealkylation sites (tertiary alicyclic amines) is 2. The van der Waals surface area contributed by atoms with E-state index in [1.165, 1.54) is 0 Å². The third kappa shape index (κ3) is 2.56. The van der Waals surface area contributed by atoms with Crippen LogP contribution < -0.4 is 5.32 Å². The van der Waals surface area contributed by atoms with Crippen LogP contribution in [0.25, 0.3) is 0 Å². The minimum atomic E-state index is -0.174. The van der Waals surface area contributed by atoms with E-state index >= 15 is 0 Å². The summed E-state index contributed by atoms with van der Waals surface area (Å²) in [5.41, 5.74) is -0.174. The highest BCUT2D eigenvalue weighted by atomic mass is 16.3. The first-order valence-corrected chi connectivity index (χ1v) is 8.63. The van der Waals surface area contributed by atoms with Crippen LogP contribution in [0, 0.1) is 5.92 Å². The predicted octanol–water partition coefficient (Wildman–Crippen LogP) is 0.728. The van der Waals surface area contributed by atoms with Crippen molar-refractivity contribution in [1.82, 2.24) is 20.0 Å². The lowest BCUT2D eigenvalue weighted by molar-refractivity contribution is -0.148. The molecule has 1 N–H and O–H groups in total. The van der Waals surface area contributed by atoms with Gasteiger partial charge < -0.3 is 19.5 Å². The molecule has 1 aromatic heterocycles. The van der Waals surface area contributed by atoms with Gasteiger partial charge in [0.2, 0.25) is 5.91 Å². The van der Waals surface area contributed by atoms with Gasteiger partial charge in [-0.1, -0.05) is 0 Å². The number of hydrogen-bond donors (Lipinski definition) is 1. The maximum Gasteiger partial charge on any atom is 0.317 e. The molecule has 0 aromatic carbocycles. The lowest BCUT2D eigenvalue weighted by Crippen LogP contribution is -2.71. The molecule has 3 aliphatic heterocycles. The second-order valence-corrected chi connectivity index (χ2v) is 7.27. The molecule has 0 aliphatic carbocycles. The molecule has 4 rings (SSSR count). The molecule has 3 fully saturated rings. The van der Waals surface area contributed by atoms with Gasteiger partial charge in [0.15, 0.2) is 0 Å². The Morgan fingerprint density at radius 3 is 2.71 bits per heavy atom. The zero-order valence-corrected chi connectivity index (χ0v) is 14.0. The fraction of sp³-hybridized carbons (Fsp3) is 0.647. The van der Waals surface area contributed by atoms with Gasteiger partial charge in [0.05, 0.1) is 18.3 Å². The summed E-state index contributed by atoms with van der Waals surface area (Å²) in [6.45, 7) is 4.64. The largest absolute Gasteiger partial charge is 0.468 e. The summed E-state index contributed by atoms with van der Waals surface area (Å²) >= 11 is 0. The van der Waals surface area contributed by atoms with Crippen LogP contribution in [0.1, 0.15) is 18.6 Å². The summed E-state index contributed by atoms with van der Waals surface area (Å²) in [6.07, 6.45) is 3.50. The number of hydrogen-bond acceptors (Lipinski definition) is 4. The van der Waals surface area contributed by atoms with E-state index in [2.05, 4.69) is 10.2 Å². The molecule has 0 saturated carbocycles. The number of piperidine rings is 1. The Morgan fingerprint density at radius 2 is 2.12 bits per heavy atom. The molecule has 3 amide bonds. The minimum absolute atomic E-state index is 0.0340. The zero-order valence-electron chi connectivity index (χ0n) is 14.0. The van der Waals surface area contributed by atoms with Crippen molar-refractivity contribution >= 4 is 11.9 Å². The quantitative estimate of drug-likeness (QED) is 0.886. The van der Waals surface area contributed by atoms with E-state index in [-0.39, 0.29) is 23.4 Å². The second kappa shape index (κ2) is 5.81. The second-order valence-electron chi connectivity index (χ2n) is 7.27. The smallest absolute Gasteiger partial charge is 0.317 e. The first-order valence-electron chi connectivity index (χ1n) is 8.63. The molecule has 0 bridgehead atoms. The van der Waals surface area contributed by atoms with Gasteiger partial charge in [0.25, 0.3) is 0 Å². The number of amides is 3. The van der Waals surface area contributed by atoms with Gasteiger partial charge in [-0.15, -0.1) is 0 Å². The fourth-order valence-electron chi connectivity index (χ4n) is 4.06. The van der Waals surface area contributed by atoms with Crippen LogP contribution >= 0.6 is 0 Å². The molecule has 3 aliphatic rings. The van der Waals surface area contributed by atoms with E-state index in [0.29, 0.717) is 19.6 Å². The first-order chi connectivity index (χ1) is 11.6. The lowest BCUT2D eigenvalue weighted by atomic mass is 9.86. The average molecular weight is 332 g/mol. The highest BCUT2D eigenvalue weighted by Crippen LogP contribution is 2.32. The van der Waals surface area contributed by atoms with Gasteiger partial charge in [0, 0.05) is 32.6 Å². The third-order valence-corrected chi connectivity index (χ3v) is 5.76. The summed E-state index contributed by atoms with van der Waals surface area (Å²) < 4.78 is 5.39. The Bertz CT molecular complexity index is 616. The first kappa shape index (κ1) is 15.5. The monoisotopic (exact) mass is 332 g/mol. The third-order valence-electron chi connectivity index (χ3n) is 5.76. The van der Waals surface area contributed by atoms with Crippen LogP contribution in [0.3, 0.4) is 0 Å². The Kier molecular flexibility index (Phi) is 3.75. The lowest BCUT2D eigenvalue weighted by Gasteiger charge is -2.51. The highest BCUT2D eigenvalue weighted by Gasteiger charge is 2.54. The van der Waals surface area contributed by atoms with Crippen molar-refractivity contribution in [1.29, 1.82) is 0 Å². The number of carbonyl (C=O) groups is 2. The standard InChI is InChI=1S/C17H24N4O3/c1-19-16(23)18-10-17(19)11-21(12-17)15(22)13-4-6-20(7-5-13)9-14-3-2-8-24-14/h2-3,8,13H,4-7,9-12H2,1H3,(H,18,23). The molecule has 3 saturated heterocycles. The maximum absolute atomic E-state index is 12.7. The van der Waals surface area contributed by atoms with Gasteiger partial charge in [-0.05, 0) is 38.1 Å². The van der Waals surface area contributed by atoms with E-state index in [4.69, 9.17) is 4.42 Å². The Morgan fingerprint density at radius 1 is 1.38 bits per heavy atom. The molecule has 0 radical (unpaired) electrons. The van der Waals surface area contributed by atoms with Crippen molar-refractivity contribution in [2.75, 3.05) is 39.8 Å². The molecular weight excluding hydrogens is 308 g/mol. The number of nitrogens with zero attached hydrogens (tertiary/aromatic N) is 3. The Balaban J connectivity index is 1.26. The van der Waals surface area contributed by atoms with Crippen LogP contribution in [-0.2, 0) is 11.3 Å². The molecule has 1 aromatic rings. The van der Waals surface area contributed by atoms with Crippen molar-refractivity contribution in [3.05, 3.63) is 24.2 Å². The van der Waals surface area contributed by atoms with Gasteiger partial charge in [0.1, 0.15) is 5.76 Å². The Labute approximate surface area is 141 Å². The van der Waals surface area contributed by atoms with Gasteiger partial charge in [-0.25, -0.2) is 4.79 Å². The molecule has 7 nitrogen and oxygen atoms in total. The summed E-state index contributed by atoms with van der Waals surface area (Å²) in [7, 11) is 1.82. The minimum Gasteiger partial charge on any atom is -0.468 e. The SMILES string of the molecule is CN1C(=O)NCC12CN(C(=O)C1CCN(Cc3ccco3)CC1)C2. The van der Waals surface area contributed by atoms with Crippen LogP contribution in [0.4, 0.5) is 4.79 Å². The van der Waals surface area contributed by atoms with Crippen LogP contribution in [0.5, 0.6) is 0 Å².